The molecule has 0 fully saturated rings. The highest BCUT2D eigenvalue weighted by molar-refractivity contribution is 7.45. The van der Waals surface area contributed by atoms with Crippen molar-refractivity contribution in [3.8, 4) is 0 Å². The number of carbonyl (C=O) groups is 1. The van der Waals surface area contributed by atoms with Crippen molar-refractivity contribution in [1.29, 1.82) is 0 Å². The molecule has 0 N–H and O–H groups in total. The number of hydrogen-bond acceptors (Lipinski definition) is 7. The summed E-state index contributed by atoms with van der Waals surface area (Å²) in [6.45, 7) is 5.24. The molecule has 0 bridgehead atoms. The van der Waals surface area contributed by atoms with Gasteiger partial charge in [-0.2, -0.15) is 0 Å². The first-order chi connectivity index (χ1) is 30.6. The number of phosphoric acid groups is 1. The molecule has 0 saturated carbocycles. The van der Waals surface area contributed by atoms with Crippen LogP contribution >= 0.6 is 7.82 Å². The van der Waals surface area contributed by atoms with Gasteiger partial charge in [0.25, 0.3) is 7.82 Å². The Bertz CT molecular complexity index is 1280. The first kappa shape index (κ1) is 60.7. The number of hydrogen-bond donors (Lipinski definition) is 0. The van der Waals surface area contributed by atoms with Gasteiger partial charge in [0.15, 0.2) is 0 Å². The van der Waals surface area contributed by atoms with Gasteiger partial charge in [-0.15, -0.1) is 0 Å². The minimum atomic E-state index is -4.54. The van der Waals surface area contributed by atoms with Gasteiger partial charge in [-0.1, -0.05) is 182 Å². The molecule has 0 radical (unpaired) electrons. The van der Waals surface area contributed by atoms with Crippen LogP contribution in [-0.2, 0) is 27.9 Å². The van der Waals surface area contributed by atoms with Gasteiger partial charge >= 0.3 is 5.97 Å². The number of phosphoric ester groups is 1. The Morgan fingerprint density at radius 2 is 0.921 bits per heavy atom. The third-order valence-electron chi connectivity index (χ3n) is 10.4. The van der Waals surface area contributed by atoms with Crippen LogP contribution in [-0.4, -0.2) is 70.7 Å². The third-order valence-corrected chi connectivity index (χ3v) is 11.4. The normalized spacial score (nSPS) is 14.3. The van der Waals surface area contributed by atoms with Crippen LogP contribution in [0.1, 0.15) is 194 Å². The number of likely N-dealkylation sites (N-methyl/N-ethyl adjacent to an activating group) is 1. The summed E-state index contributed by atoms with van der Waals surface area (Å²) >= 11 is 0. The molecule has 2 unspecified atom stereocenters. The summed E-state index contributed by atoms with van der Waals surface area (Å²) in [4.78, 5) is 25.1. The van der Waals surface area contributed by atoms with Gasteiger partial charge in [0.1, 0.15) is 19.3 Å². The molecule has 0 aliphatic rings. The van der Waals surface area contributed by atoms with Crippen molar-refractivity contribution >= 4 is 13.8 Å². The number of rotatable bonds is 46. The molecule has 0 aliphatic heterocycles. The summed E-state index contributed by atoms with van der Waals surface area (Å²) in [7, 11) is 1.33. The average Bonchev–Trinajstić information content (AvgIpc) is 3.24. The smallest absolute Gasteiger partial charge is 0.306 e. The molecule has 0 heterocycles. The monoisotopic (exact) mass is 902 g/mol. The topological polar surface area (TPSA) is 94.1 Å². The summed E-state index contributed by atoms with van der Waals surface area (Å²) in [6.07, 6.45) is 61.8. The van der Waals surface area contributed by atoms with E-state index in [9.17, 15) is 14.3 Å². The fourth-order valence-corrected chi connectivity index (χ4v) is 7.27. The zero-order valence-corrected chi connectivity index (χ0v) is 42.1. The van der Waals surface area contributed by atoms with Crippen molar-refractivity contribution in [2.75, 3.05) is 54.1 Å². The van der Waals surface area contributed by atoms with Crippen molar-refractivity contribution in [2.45, 2.75) is 200 Å². The Morgan fingerprint density at radius 1 is 0.508 bits per heavy atom. The van der Waals surface area contributed by atoms with Gasteiger partial charge in [-0.05, 0) is 89.9 Å². The van der Waals surface area contributed by atoms with Gasteiger partial charge in [-0.3, -0.25) is 9.36 Å². The second-order valence-corrected chi connectivity index (χ2v) is 19.2. The summed E-state index contributed by atoms with van der Waals surface area (Å²) in [5.74, 6) is -0.350. The lowest BCUT2D eigenvalue weighted by atomic mass is 10.1. The number of ether oxygens (including phenoxy) is 2. The first-order valence-electron chi connectivity index (χ1n) is 25.3. The predicted octanol–water partition coefficient (Wildman–Crippen LogP) is 15.0. The highest BCUT2D eigenvalue weighted by atomic mass is 31.2. The first-order valence-corrected chi connectivity index (χ1v) is 26.8. The van der Waals surface area contributed by atoms with Crippen LogP contribution in [0.15, 0.2) is 85.1 Å². The van der Waals surface area contributed by atoms with Crippen molar-refractivity contribution in [3.63, 3.8) is 0 Å². The molecule has 0 aromatic rings. The lowest BCUT2D eigenvalue weighted by Gasteiger charge is -2.28. The van der Waals surface area contributed by atoms with Crippen LogP contribution in [0.3, 0.4) is 0 Å². The predicted molar refractivity (Wildman–Crippen MR) is 268 cm³/mol. The van der Waals surface area contributed by atoms with E-state index in [0.717, 1.165) is 96.3 Å². The quantitative estimate of drug-likeness (QED) is 0.0197. The van der Waals surface area contributed by atoms with E-state index in [0.29, 0.717) is 24.1 Å². The van der Waals surface area contributed by atoms with Crippen molar-refractivity contribution < 1.29 is 37.3 Å². The fourth-order valence-electron chi connectivity index (χ4n) is 6.54. The number of quaternary nitrogens is 1. The second kappa shape index (κ2) is 46.2. The van der Waals surface area contributed by atoms with Gasteiger partial charge < -0.3 is 27.9 Å². The standard InChI is InChI=1S/C54H96NO7P/c1-6-8-10-12-14-16-18-20-22-23-24-25-26-27-28-29-30-31-32-34-36-38-40-42-44-46-49-59-51-53(52-61-63(57,58)60-50-48-55(3,4)5)62-54(56)47-45-43-41-39-37-35-33-21-19-17-15-13-11-9-7-2/h8,10,14,16,20-22,24-25,27-28,30-31,33,53H,6-7,9,11-13,15,17-19,23,26,29,32,34-52H2,1-5H3/b10-8-,16-14-,22-20-,25-24-,28-27-,31-30-,33-21-. The van der Waals surface area contributed by atoms with E-state index in [2.05, 4.69) is 98.9 Å². The van der Waals surface area contributed by atoms with Gasteiger partial charge in [0, 0.05) is 13.0 Å². The zero-order chi connectivity index (χ0) is 46.2. The molecular formula is C54H96NO7P. The second-order valence-electron chi connectivity index (χ2n) is 17.8. The molecule has 2 atom stereocenters. The van der Waals surface area contributed by atoms with Gasteiger partial charge in [0.05, 0.1) is 34.4 Å². The number of nitrogens with zero attached hydrogens (tertiary/aromatic N) is 1. The Hall–Kier alpha value is -2.32. The molecule has 0 saturated heterocycles. The Labute approximate surface area is 388 Å². The summed E-state index contributed by atoms with van der Waals surface area (Å²) < 4.78 is 34.7. The molecule has 0 aromatic carbocycles. The van der Waals surface area contributed by atoms with E-state index in [1.165, 1.54) is 77.0 Å². The molecule has 364 valence electrons. The molecule has 9 heteroatoms. The minimum Gasteiger partial charge on any atom is -0.756 e. The largest absolute Gasteiger partial charge is 0.756 e. The highest BCUT2D eigenvalue weighted by Crippen LogP contribution is 2.38. The van der Waals surface area contributed by atoms with Crippen molar-refractivity contribution in [1.82, 2.24) is 0 Å². The maximum atomic E-state index is 12.7. The summed E-state index contributed by atoms with van der Waals surface area (Å²) in [5.41, 5.74) is 0. The molecule has 0 spiro atoms. The Balaban J connectivity index is 4.18. The number of allylic oxidation sites excluding steroid dienone is 14. The van der Waals surface area contributed by atoms with Crippen LogP contribution < -0.4 is 4.89 Å². The van der Waals surface area contributed by atoms with E-state index in [-0.39, 0.29) is 25.8 Å². The third kappa shape index (κ3) is 50.5. The lowest BCUT2D eigenvalue weighted by Crippen LogP contribution is -2.37. The highest BCUT2D eigenvalue weighted by Gasteiger charge is 2.20. The average molecular weight is 902 g/mol. The van der Waals surface area contributed by atoms with E-state index in [1.54, 1.807) is 0 Å². The molecule has 8 nitrogen and oxygen atoms in total. The Morgan fingerprint density at radius 3 is 1.40 bits per heavy atom. The van der Waals surface area contributed by atoms with Crippen LogP contribution in [0.2, 0.25) is 0 Å². The van der Waals surface area contributed by atoms with Gasteiger partial charge in [0.2, 0.25) is 0 Å². The molecule has 0 amide bonds. The van der Waals surface area contributed by atoms with E-state index >= 15 is 0 Å². The van der Waals surface area contributed by atoms with Gasteiger partial charge in [-0.25, -0.2) is 0 Å². The van der Waals surface area contributed by atoms with Crippen LogP contribution in [0.4, 0.5) is 0 Å². The molecular weight excluding hydrogens is 806 g/mol. The number of carbonyl (C=O) groups excluding carboxylic acids is 1. The van der Waals surface area contributed by atoms with Crippen LogP contribution in [0.5, 0.6) is 0 Å². The molecule has 0 aliphatic carbocycles. The van der Waals surface area contributed by atoms with Crippen molar-refractivity contribution in [3.05, 3.63) is 85.1 Å². The molecule has 63 heavy (non-hydrogen) atoms. The van der Waals surface area contributed by atoms with E-state index < -0.39 is 13.9 Å². The lowest BCUT2D eigenvalue weighted by molar-refractivity contribution is -0.870. The Kier molecular flexibility index (Phi) is 44.5. The zero-order valence-electron chi connectivity index (χ0n) is 41.2. The SMILES string of the molecule is CC/C=C\C/C=C\C/C=C\C/C=C\C/C=C\C/C=C\CCCCCCCCCOCC(COP(=O)([O-])OCC[N+](C)(C)C)OC(=O)CCCCCCC/C=C\CCCCCCCC. The maximum absolute atomic E-state index is 12.7. The molecule has 0 rings (SSSR count). The molecule has 0 aromatic heterocycles. The maximum Gasteiger partial charge on any atom is 0.306 e. The van der Waals surface area contributed by atoms with Crippen LogP contribution in [0, 0.1) is 0 Å². The summed E-state index contributed by atoms with van der Waals surface area (Å²) in [6, 6.07) is 0. The summed E-state index contributed by atoms with van der Waals surface area (Å²) in [5, 5.41) is 0. The number of unbranched alkanes of at least 4 members (excludes halogenated alkanes) is 18. The number of esters is 1. The fraction of sp³-hybridized carbons (Fsp3) is 0.722. The van der Waals surface area contributed by atoms with E-state index in [1.807, 2.05) is 21.1 Å². The van der Waals surface area contributed by atoms with E-state index in [4.69, 9.17) is 18.5 Å². The van der Waals surface area contributed by atoms with Crippen LogP contribution in [0.25, 0.3) is 0 Å². The minimum absolute atomic E-state index is 0.0180. The van der Waals surface area contributed by atoms with Crippen molar-refractivity contribution in [2.24, 2.45) is 0 Å².